The standard InChI is InChI=1S/C29H39ClN8O2/c1-19-16-25(32-29-31-18-24(30)28(34-29)33-26-17-21(3)35-36-26)20(2)15-23(19)22-6-9-38(10-7-22)27(39)5-4-8-37-11-13-40-14-12-37/h15-18,22H,4-14H2,1-3H3,(H3,31,32,33,34,35,36). The number of nitrogens with one attached hydrogen (secondary N) is 3. The van der Waals surface area contributed by atoms with Gasteiger partial charge >= 0.3 is 0 Å². The Morgan fingerprint density at radius 2 is 1.85 bits per heavy atom. The Morgan fingerprint density at radius 3 is 2.58 bits per heavy atom. The smallest absolute Gasteiger partial charge is 0.229 e. The van der Waals surface area contributed by atoms with E-state index < -0.39 is 0 Å². The van der Waals surface area contributed by atoms with Crippen molar-refractivity contribution < 1.29 is 9.53 Å². The van der Waals surface area contributed by atoms with E-state index in [4.69, 9.17) is 16.3 Å². The van der Waals surface area contributed by atoms with E-state index in [0.29, 0.717) is 40.9 Å². The lowest BCUT2D eigenvalue weighted by Gasteiger charge is -2.33. The first-order chi connectivity index (χ1) is 19.4. The number of halogens is 1. The fourth-order valence-corrected chi connectivity index (χ4v) is 5.67. The molecule has 5 rings (SSSR count). The molecule has 2 fully saturated rings. The number of H-pyrrole nitrogens is 1. The summed E-state index contributed by atoms with van der Waals surface area (Å²) >= 11 is 6.32. The van der Waals surface area contributed by atoms with E-state index >= 15 is 0 Å². The van der Waals surface area contributed by atoms with Crippen molar-refractivity contribution >= 4 is 40.8 Å². The zero-order chi connectivity index (χ0) is 28.1. The Labute approximate surface area is 240 Å². The van der Waals surface area contributed by atoms with Crippen molar-refractivity contribution in [1.82, 2.24) is 30.0 Å². The van der Waals surface area contributed by atoms with E-state index in [0.717, 1.165) is 82.1 Å². The third-order valence-electron chi connectivity index (χ3n) is 7.81. The predicted molar refractivity (Wildman–Crippen MR) is 158 cm³/mol. The minimum absolute atomic E-state index is 0.290. The number of aromatic amines is 1. The Kier molecular flexibility index (Phi) is 9.18. The minimum atomic E-state index is 0.290. The van der Waals surface area contributed by atoms with Gasteiger partial charge in [0.1, 0.15) is 5.02 Å². The van der Waals surface area contributed by atoms with Crippen LogP contribution in [0.15, 0.2) is 24.4 Å². The average Bonchev–Trinajstić information content (AvgIpc) is 3.37. The highest BCUT2D eigenvalue weighted by molar-refractivity contribution is 6.32. The lowest BCUT2D eigenvalue weighted by molar-refractivity contribution is -0.132. The van der Waals surface area contributed by atoms with Crippen LogP contribution in [0.3, 0.4) is 0 Å². The maximum absolute atomic E-state index is 12.8. The summed E-state index contributed by atoms with van der Waals surface area (Å²) in [4.78, 5) is 26.2. The van der Waals surface area contributed by atoms with Gasteiger partial charge in [0.2, 0.25) is 11.9 Å². The highest BCUT2D eigenvalue weighted by Crippen LogP contribution is 2.34. The van der Waals surface area contributed by atoms with Gasteiger partial charge in [-0.15, -0.1) is 0 Å². The second-order valence-corrected chi connectivity index (χ2v) is 11.2. The third kappa shape index (κ3) is 7.10. The van der Waals surface area contributed by atoms with Crippen molar-refractivity contribution in [3.8, 4) is 0 Å². The normalized spacial score (nSPS) is 16.8. The van der Waals surface area contributed by atoms with Crippen molar-refractivity contribution in [2.45, 2.75) is 52.4 Å². The van der Waals surface area contributed by atoms with Gasteiger partial charge in [0, 0.05) is 50.0 Å². The first-order valence-corrected chi connectivity index (χ1v) is 14.5. The average molecular weight is 567 g/mol. The van der Waals surface area contributed by atoms with Crippen LogP contribution in [0, 0.1) is 20.8 Å². The number of ether oxygens (including phenoxy) is 1. The number of rotatable bonds is 9. The molecule has 1 aromatic carbocycles. The highest BCUT2D eigenvalue weighted by Gasteiger charge is 2.25. The molecule has 2 aromatic heterocycles. The fourth-order valence-electron chi connectivity index (χ4n) is 5.53. The zero-order valence-corrected chi connectivity index (χ0v) is 24.4. The quantitative estimate of drug-likeness (QED) is 0.329. The number of likely N-dealkylation sites (tertiary alicyclic amines) is 1. The van der Waals surface area contributed by atoms with Crippen molar-refractivity contribution in [3.05, 3.63) is 51.8 Å². The predicted octanol–water partition coefficient (Wildman–Crippen LogP) is 5.08. The number of amides is 1. The molecule has 214 valence electrons. The number of piperidine rings is 1. The first kappa shape index (κ1) is 28.3. The number of anilines is 4. The van der Waals surface area contributed by atoms with Crippen LogP contribution in [0.25, 0.3) is 0 Å². The van der Waals surface area contributed by atoms with Crippen LogP contribution >= 0.6 is 11.6 Å². The topological polar surface area (TPSA) is 111 Å². The van der Waals surface area contributed by atoms with Gasteiger partial charge < -0.3 is 20.3 Å². The SMILES string of the molecule is Cc1cc(Nc2nc(Nc3cc(C)c(C4CCN(C(=O)CCCN5CCOCC5)CC4)cc3C)ncc2Cl)n[nH]1. The van der Waals surface area contributed by atoms with Gasteiger partial charge in [-0.25, -0.2) is 4.98 Å². The van der Waals surface area contributed by atoms with E-state index in [9.17, 15) is 4.79 Å². The lowest BCUT2D eigenvalue weighted by atomic mass is 9.85. The number of carbonyl (C=O) groups is 1. The monoisotopic (exact) mass is 566 g/mol. The van der Waals surface area contributed by atoms with Crippen molar-refractivity contribution in [2.75, 3.05) is 56.6 Å². The Balaban J connectivity index is 1.16. The van der Waals surface area contributed by atoms with Gasteiger partial charge in [-0.05, 0) is 75.3 Å². The van der Waals surface area contributed by atoms with Crippen LogP contribution in [0.4, 0.5) is 23.3 Å². The number of aromatic nitrogens is 4. The maximum atomic E-state index is 12.8. The number of benzene rings is 1. The number of hydrogen-bond acceptors (Lipinski definition) is 8. The number of morpholine rings is 1. The van der Waals surface area contributed by atoms with E-state index in [2.05, 4.69) is 66.6 Å². The second-order valence-electron chi connectivity index (χ2n) is 10.8. The van der Waals surface area contributed by atoms with Crippen LogP contribution < -0.4 is 10.6 Å². The molecule has 3 N–H and O–H groups in total. The van der Waals surface area contributed by atoms with Crippen molar-refractivity contribution in [2.24, 2.45) is 0 Å². The van der Waals surface area contributed by atoms with Crippen LogP contribution in [0.2, 0.25) is 5.02 Å². The summed E-state index contributed by atoms with van der Waals surface area (Å²) in [5.41, 5.74) is 5.60. The molecule has 40 heavy (non-hydrogen) atoms. The van der Waals surface area contributed by atoms with Gasteiger partial charge in [0.25, 0.3) is 0 Å². The molecule has 0 aliphatic carbocycles. The Bertz CT molecular complexity index is 1320. The molecule has 1 amide bonds. The van der Waals surface area contributed by atoms with Crippen LogP contribution in [-0.4, -0.2) is 81.8 Å². The molecule has 3 aromatic rings. The van der Waals surface area contributed by atoms with Gasteiger partial charge in [-0.2, -0.15) is 10.1 Å². The molecule has 2 aliphatic heterocycles. The number of carbonyl (C=O) groups excluding carboxylic acids is 1. The molecule has 0 spiro atoms. The fraction of sp³-hybridized carbons (Fsp3) is 0.517. The summed E-state index contributed by atoms with van der Waals surface area (Å²) in [5, 5.41) is 14.0. The van der Waals surface area contributed by atoms with Crippen molar-refractivity contribution in [1.29, 1.82) is 0 Å². The Hall–Kier alpha value is -3.21. The molecule has 2 aliphatic rings. The van der Waals surface area contributed by atoms with Crippen LogP contribution in [0.5, 0.6) is 0 Å². The van der Waals surface area contributed by atoms with Gasteiger partial charge in [-0.1, -0.05) is 17.7 Å². The summed E-state index contributed by atoms with van der Waals surface area (Å²) in [6, 6.07) is 6.31. The zero-order valence-electron chi connectivity index (χ0n) is 23.6. The summed E-state index contributed by atoms with van der Waals surface area (Å²) < 4.78 is 5.41. The molecule has 2 saturated heterocycles. The molecule has 0 atom stereocenters. The second kappa shape index (κ2) is 13.0. The molecule has 11 heteroatoms. The molecule has 4 heterocycles. The van der Waals surface area contributed by atoms with E-state index in [-0.39, 0.29) is 0 Å². The summed E-state index contributed by atoms with van der Waals surface area (Å²) in [6.07, 6.45) is 5.11. The molecule has 10 nitrogen and oxygen atoms in total. The molecular formula is C29H39ClN8O2. The third-order valence-corrected chi connectivity index (χ3v) is 8.09. The van der Waals surface area contributed by atoms with E-state index in [1.54, 1.807) is 6.20 Å². The minimum Gasteiger partial charge on any atom is -0.379 e. The van der Waals surface area contributed by atoms with Gasteiger partial charge in [0.15, 0.2) is 11.6 Å². The van der Waals surface area contributed by atoms with E-state index in [1.165, 1.54) is 11.1 Å². The first-order valence-electron chi connectivity index (χ1n) is 14.1. The summed E-state index contributed by atoms with van der Waals surface area (Å²) in [5.74, 6) is 2.32. The highest BCUT2D eigenvalue weighted by atomic mass is 35.5. The molecule has 0 unspecified atom stereocenters. The van der Waals surface area contributed by atoms with Crippen molar-refractivity contribution in [3.63, 3.8) is 0 Å². The Morgan fingerprint density at radius 1 is 1.07 bits per heavy atom. The number of aryl methyl sites for hydroxylation is 3. The van der Waals surface area contributed by atoms with E-state index in [1.807, 2.05) is 13.0 Å². The van der Waals surface area contributed by atoms with Gasteiger partial charge in [-0.3, -0.25) is 14.8 Å². The molecule has 0 saturated carbocycles. The largest absolute Gasteiger partial charge is 0.379 e. The number of nitrogens with zero attached hydrogens (tertiary/aromatic N) is 5. The molecule has 0 radical (unpaired) electrons. The lowest BCUT2D eigenvalue weighted by Crippen LogP contribution is -2.39. The van der Waals surface area contributed by atoms with Crippen LogP contribution in [0.1, 0.15) is 54.0 Å². The number of hydrogen-bond donors (Lipinski definition) is 3. The molecule has 0 bridgehead atoms. The maximum Gasteiger partial charge on any atom is 0.229 e. The summed E-state index contributed by atoms with van der Waals surface area (Å²) in [6.45, 7) is 12.4. The molecular weight excluding hydrogens is 528 g/mol. The van der Waals surface area contributed by atoms with Crippen LogP contribution in [-0.2, 0) is 9.53 Å². The summed E-state index contributed by atoms with van der Waals surface area (Å²) in [7, 11) is 0. The van der Waals surface area contributed by atoms with Gasteiger partial charge in [0.05, 0.1) is 19.4 Å².